The quantitative estimate of drug-likeness (QED) is 0.178. The number of nitrogens with zero attached hydrogens (tertiary/aromatic N) is 2. The van der Waals surface area contributed by atoms with Gasteiger partial charge in [0.1, 0.15) is 6.10 Å². The van der Waals surface area contributed by atoms with Crippen LogP contribution in [0.15, 0.2) is 21.9 Å². The standard InChI is InChI=1S/C29H41N3O7/c1-7-37-26(35)31-30-16(2)29-23(24(32-39-29)25(34)36-6)15-22-20-9-8-18-14-19(38-17(3)33)10-12-27(18,4)21(20)11-13-28(22,29)5/h8,19-23H,7,9-15H2,1-6H3,(H,31,35)/b30-16-. The van der Waals surface area contributed by atoms with Crippen LogP contribution in [0.1, 0.15) is 79.6 Å². The fourth-order valence-electron chi connectivity index (χ4n) is 9.05. The molecule has 8 unspecified atom stereocenters. The van der Waals surface area contributed by atoms with Crippen LogP contribution in [0.3, 0.4) is 0 Å². The number of nitrogens with one attached hydrogen (secondary N) is 1. The Hall–Kier alpha value is -2.91. The minimum absolute atomic E-state index is 0.0423. The van der Waals surface area contributed by atoms with Crippen LogP contribution in [0.25, 0.3) is 0 Å². The highest BCUT2D eigenvalue weighted by atomic mass is 16.7. The van der Waals surface area contributed by atoms with E-state index in [-0.39, 0.29) is 47.1 Å². The second-order valence-electron chi connectivity index (χ2n) is 12.3. The number of methoxy groups -OCH3 is 1. The molecule has 0 saturated heterocycles. The Bertz CT molecular complexity index is 1150. The summed E-state index contributed by atoms with van der Waals surface area (Å²) in [6.45, 7) is 9.92. The van der Waals surface area contributed by atoms with Crippen molar-refractivity contribution in [3.05, 3.63) is 11.6 Å². The van der Waals surface area contributed by atoms with Crippen molar-refractivity contribution in [2.45, 2.75) is 91.3 Å². The molecule has 0 aromatic rings. The van der Waals surface area contributed by atoms with Crippen LogP contribution < -0.4 is 5.43 Å². The minimum atomic E-state index is -0.969. The van der Waals surface area contributed by atoms with Crippen molar-refractivity contribution < 1.29 is 33.4 Å². The number of ether oxygens (including phenoxy) is 3. The van der Waals surface area contributed by atoms with Gasteiger partial charge in [-0.05, 0) is 75.5 Å². The van der Waals surface area contributed by atoms with Gasteiger partial charge in [0.15, 0.2) is 11.3 Å². The average Bonchev–Trinajstić information content (AvgIpc) is 3.40. The molecule has 39 heavy (non-hydrogen) atoms. The first kappa shape index (κ1) is 27.6. The molecule has 1 amide bonds. The van der Waals surface area contributed by atoms with Gasteiger partial charge in [0.2, 0.25) is 0 Å². The number of allylic oxidation sites excluding steroid dienone is 1. The van der Waals surface area contributed by atoms with Gasteiger partial charge >= 0.3 is 18.0 Å². The zero-order valence-electron chi connectivity index (χ0n) is 23.9. The molecule has 0 spiro atoms. The molecule has 8 atom stereocenters. The second kappa shape index (κ2) is 9.93. The Morgan fingerprint density at radius 3 is 2.64 bits per heavy atom. The van der Waals surface area contributed by atoms with E-state index in [4.69, 9.17) is 19.0 Å². The second-order valence-corrected chi connectivity index (χ2v) is 12.3. The summed E-state index contributed by atoms with van der Waals surface area (Å²) >= 11 is 0. The molecule has 214 valence electrons. The summed E-state index contributed by atoms with van der Waals surface area (Å²) in [5.41, 5.74) is 3.50. The van der Waals surface area contributed by atoms with E-state index in [0.29, 0.717) is 17.5 Å². The minimum Gasteiger partial charge on any atom is -0.464 e. The maximum absolute atomic E-state index is 12.8. The lowest BCUT2D eigenvalue weighted by atomic mass is 9.46. The Balaban J connectivity index is 1.49. The molecular formula is C29H41N3O7. The predicted octanol–water partition coefficient (Wildman–Crippen LogP) is 4.53. The SMILES string of the molecule is CCOC(=O)N/N=C(/C)C12ON=C(C(=O)OC)C1CC1C3CC=C4CC(OC(C)=O)CCC4(C)C3CCC12C. The van der Waals surface area contributed by atoms with Crippen LogP contribution in [-0.2, 0) is 28.6 Å². The number of hydrogen-bond donors (Lipinski definition) is 1. The highest BCUT2D eigenvalue weighted by Crippen LogP contribution is 2.70. The molecule has 0 bridgehead atoms. The monoisotopic (exact) mass is 543 g/mol. The molecule has 4 aliphatic carbocycles. The summed E-state index contributed by atoms with van der Waals surface area (Å²) in [7, 11) is 1.36. The van der Waals surface area contributed by atoms with E-state index >= 15 is 0 Å². The third-order valence-electron chi connectivity index (χ3n) is 10.8. The summed E-state index contributed by atoms with van der Waals surface area (Å²) in [5, 5.41) is 8.68. The van der Waals surface area contributed by atoms with Crippen molar-refractivity contribution in [1.82, 2.24) is 5.43 Å². The van der Waals surface area contributed by atoms with Gasteiger partial charge < -0.3 is 19.0 Å². The van der Waals surface area contributed by atoms with E-state index in [1.165, 1.54) is 19.6 Å². The molecule has 0 aromatic heterocycles. The summed E-state index contributed by atoms with van der Waals surface area (Å²) in [6.07, 6.45) is 7.94. The average molecular weight is 544 g/mol. The van der Waals surface area contributed by atoms with Crippen LogP contribution >= 0.6 is 0 Å². The van der Waals surface area contributed by atoms with Crippen LogP contribution in [0.5, 0.6) is 0 Å². The predicted molar refractivity (Wildman–Crippen MR) is 143 cm³/mol. The molecule has 5 aliphatic rings. The third kappa shape index (κ3) is 4.08. The number of carbonyl (C=O) groups is 3. The molecule has 1 aliphatic heterocycles. The molecule has 5 rings (SSSR count). The Kier molecular flexibility index (Phi) is 7.04. The van der Waals surface area contributed by atoms with Crippen molar-refractivity contribution in [1.29, 1.82) is 0 Å². The molecule has 0 radical (unpaired) electrons. The zero-order chi connectivity index (χ0) is 28.2. The number of hydrazone groups is 1. The number of esters is 2. The van der Waals surface area contributed by atoms with E-state index in [1.54, 1.807) is 6.92 Å². The van der Waals surface area contributed by atoms with Crippen LogP contribution in [0, 0.1) is 34.5 Å². The largest absolute Gasteiger partial charge is 0.464 e. The lowest BCUT2D eigenvalue weighted by Crippen LogP contribution is -2.59. The summed E-state index contributed by atoms with van der Waals surface area (Å²) in [4.78, 5) is 42.7. The lowest BCUT2D eigenvalue weighted by Gasteiger charge is -2.58. The van der Waals surface area contributed by atoms with Crippen LogP contribution in [0.4, 0.5) is 4.79 Å². The first-order chi connectivity index (χ1) is 18.5. The van der Waals surface area contributed by atoms with E-state index < -0.39 is 17.7 Å². The molecular weight excluding hydrogens is 502 g/mol. The normalized spacial score (nSPS) is 40.5. The lowest BCUT2D eigenvalue weighted by molar-refractivity contribution is -0.149. The molecule has 3 saturated carbocycles. The molecule has 10 heteroatoms. The number of hydrogen-bond acceptors (Lipinski definition) is 9. The van der Waals surface area contributed by atoms with Gasteiger partial charge in [0.05, 0.1) is 25.3 Å². The van der Waals surface area contributed by atoms with E-state index in [2.05, 4.69) is 35.6 Å². The van der Waals surface area contributed by atoms with E-state index in [1.807, 2.05) is 6.92 Å². The molecule has 10 nitrogen and oxygen atoms in total. The fraction of sp³-hybridized carbons (Fsp3) is 0.759. The van der Waals surface area contributed by atoms with E-state index in [9.17, 15) is 14.4 Å². The van der Waals surface area contributed by atoms with Gasteiger partial charge in [0.25, 0.3) is 0 Å². The number of fused-ring (bicyclic) bond motifs is 7. The smallest absolute Gasteiger partial charge is 0.427 e. The van der Waals surface area contributed by atoms with Crippen molar-refractivity contribution in [3.8, 4) is 0 Å². The van der Waals surface area contributed by atoms with Crippen molar-refractivity contribution in [2.75, 3.05) is 13.7 Å². The Morgan fingerprint density at radius 2 is 1.95 bits per heavy atom. The first-order valence-electron chi connectivity index (χ1n) is 14.2. The molecule has 1 N–H and O–H groups in total. The van der Waals surface area contributed by atoms with E-state index in [0.717, 1.165) is 44.9 Å². The van der Waals surface area contributed by atoms with Gasteiger partial charge in [-0.3, -0.25) is 4.79 Å². The fourth-order valence-corrected chi connectivity index (χ4v) is 9.05. The zero-order valence-corrected chi connectivity index (χ0v) is 23.9. The van der Waals surface area contributed by atoms with Crippen LogP contribution in [0.2, 0.25) is 0 Å². The van der Waals surface area contributed by atoms with Crippen molar-refractivity contribution in [2.24, 2.45) is 44.8 Å². The topological polar surface area (TPSA) is 125 Å². The molecule has 0 aromatic carbocycles. The van der Waals surface area contributed by atoms with Crippen molar-refractivity contribution in [3.63, 3.8) is 0 Å². The van der Waals surface area contributed by atoms with Gasteiger partial charge in [-0.1, -0.05) is 30.7 Å². The maximum Gasteiger partial charge on any atom is 0.427 e. The highest BCUT2D eigenvalue weighted by molar-refractivity contribution is 6.38. The van der Waals surface area contributed by atoms with Gasteiger partial charge in [0, 0.05) is 18.8 Å². The third-order valence-corrected chi connectivity index (χ3v) is 10.8. The number of rotatable bonds is 5. The highest BCUT2D eigenvalue weighted by Gasteiger charge is 2.74. The summed E-state index contributed by atoms with van der Waals surface area (Å²) in [6, 6.07) is 0. The van der Waals surface area contributed by atoms with Gasteiger partial charge in [-0.15, -0.1) is 0 Å². The van der Waals surface area contributed by atoms with Crippen LogP contribution in [-0.4, -0.2) is 54.9 Å². The molecule has 3 fully saturated rings. The summed E-state index contributed by atoms with van der Waals surface area (Å²) < 4.78 is 15.7. The van der Waals surface area contributed by atoms with Crippen molar-refractivity contribution >= 4 is 29.5 Å². The Morgan fingerprint density at radius 1 is 1.18 bits per heavy atom. The molecule has 1 heterocycles. The number of amides is 1. The van der Waals surface area contributed by atoms with Gasteiger partial charge in [-0.25, -0.2) is 15.0 Å². The Labute approximate surface area is 229 Å². The number of oxime groups is 1. The number of carbonyl (C=O) groups excluding carboxylic acids is 3. The first-order valence-corrected chi connectivity index (χ1v) is 14.2. The maximum atomic E-state index is 12.8. The van der Waals surface area contributed by atoms with Gasteiger partial charge in [-0.2, -0.15) is 5.10 Å². The summed E-state index contributed by atoms with van der Waals surface area (Å²) in [5.74, 6) is 0.103.